The molecule has 1 aromatic heterocycles. The van der Waals surface area contributed by atoms with Gasteiger partial charge in [-0.2, -0.15) is 23.7 Å². The highest BCUT2D eigenvalue weighted by Gasteiger charge is 2.27. The summed E-state index contributed by atoms with van der Waals surface area (Å²) < 4.78 is 36.7. The fourth-order valence-corrected chi connectivity index (χ4v) is 0.998. The molecule has 1 rings (SSSR count). The van der Waals surface area contributed by atoms with E-state index in [1.807, 2.05) is 0 Å². The Balaban J connectivity index is 2.85. The van der Waals surface area contributed by atoms with Crippen LogP contribution in [0.1, 0.15) is 17.8 Å². The van der Waals surface area contributed by atoms with Crippen LogP contribution in [0, 0.1) is 22.7 Å². The van der Waals surface area contributed by atoms with Gasteiger partial charge in [0.25, 0.3) is 0 Å². The van der Waals surface area contributed by atoms with Crippen LogP contribution in [0.5, 0.6) is 0 Å². The Morgan fingerprint density at radius 1 is 1.33 bits per heavy atom. The smallest absolute Gasteiger partial charge is 0.321 e. The van der Waals surface area contributed by atoms with Gasteiger partial charge in [-0.25, -0.2) is 4.98 Å². The largest absolute Gasteiger partial charge is 0.390 e. The molecule has 0 aliphatic rings. The second-order valence-corrected chi connectivity index (χ2v) is 2.72. The van der Waals surface area contributed by atoms with Gasteiger partial charge >= 0.3 is 6.18 Å². The maximum absolute atomic E-state index is 11.9. The minimum Gasteiger partial charge on any atom is -0.321 e. The summed E-state index contributed by atoms with van der Waals surface area (Å²) in [4.78, 5) is 3.52. The van der Waals surface area contributed by atoms with Crippen molar-refractivity contribution in [1.29, 1.82) is 10.5 Å². The third kappa shape index (κ3) is 2.71. The number of hydrogen-bond acceptors (Lipinski definition) is 3. The van der Waals surface area contributed by atoms with E-state index in [1.165, 1.54) is 0 Å². The van der Waals surface area contributed by atoms with Crippen LogP contribution in [0.3, 0.4) is 0 Å². The minimum atomic E-state index is -4.29. The molecule has 0 saturated heterocycles. The summed E-state index contributed by atoms with van der Waals surface area (Å²) in [5.41, 5.74) is -0.290. The third-order valence-corrected chi connectivity index (χ3v) is 1.69. The Labute approximate surface area is 83.2 Å². The minimum absolute atomic E-state index is 0.137. The van der Waals surface area contributed by atoms with Gasteiger partial charge in [-0.05, 0) is 0 Å². The lowest BCUT2D eigenvalue weighted by molar-refractivity contribution is -0.136. The molecule has 78 valence electrons. The van der Waals surface area contributed by atoms with Gasteiger partial charge in [0.05, 0.1) is 12.7 Å². The van der Waals surface area contributed by atoms with E-state index in [1.54, 1.807) is 12.1 Å². The van der Waals surface area contributed by atoms with E-state index >= 15 is 0 Å². The summed E-state index contributed by atoms with van der Waals surface area (Å²) in [6.07, 6.45) is -4.28. The first-order chi connectivity index (χ1) is 6.98. The highest BCUT2D eigenvalue weighted by atomic mass is 19.4. The first-order valence-corrected chi connectivity index (χ1v) is 3.90. The first kappa shape index (κ1) is 11.1. The van der Waals surface area contributed by atoms with E-state index < -0.39 is 19.1 Å². The summed E-state index contributed by atoms with van der Waals surface area (Å²) in [7, 11) is 0. The average Bonchev–Trinajstić information content (AvgIpc) is 2.55. The standard InChI is InChI=1S/C8H5F3N4/c9-8(10,11)1-2-15-5-14-6(3-12)7(15)4-13/h5H,1-2H2. The molecule has 7 heteroatoms. The zero-order valence-electron chi connectivity index (χ0n) is 7.41. The summed E-state index contributed by atoms with van der Waals surface area (Å²) in [6, 6.07) is 3.27. The number of hydrogen-bond donors (Lipinski definition) is 0. The van der Waals surface area contributed by atoms with Crippen molar-refractivity contribution >= 4 is 0 Å². The van der Waals surface area contributed by atoms with Gasteiger partial charge in [0, 0.05) is 6.54 Å². The molecular formula is C8H5F3N4. The van der Waals surface area contributed by atoms with Gasteiger partial charge in [-0.1, -0.05) is 0 Å². The second-order valence-electron chi connectivity index (χ2n) is 2.72. The van der Waals surface area contributed by atoms with E-state index in [4.69, 9.17) is 10.5 Å². The molecule has 0 saturated carbocycles. The number of aryl methyl sites for hydroxylation is 1. The van der Waals surface area contributed by atoms with Crippen LogP contribution in [0.25, 0.3) is 0 Å². The quantitative estimate of drug-likeness (QED) is 0.750. The molecule has 0 radical (unpaired) electrons. The number of nitriles is 2. The van der Waals surface area contributed by atoms with Crippen LogP contribution in [-0.2, 0) is 6.54 Å². The lowest BCUT2D eigenvalue weighted by Crippen LogP contribution is -2.12. The van der Waals surface area contributed by atoms with Crippen LogP contribution in [0.4, 0.5) is 13.2 Å². The van der Waals surface area contributed by atoms with E-state index in [0.717, 1.165) is 10.9 Å². The summed E-state index contributed by atoms with van der Waals surface area (Å²) in [5.74, 6) is 0. The molecule has 0 N–H and O–H groups in total. The molecule has 0 amide bonds. The number of imidazole rings is 1. The van der Waals surface area contributed by atoms with Crippen molar-refractivity contribution in [1.82, 2.24) is 9.55 Å². The maximum Gasteiger partial charge on any atom is 0.390 e. The maximum atomic E-state index is 11.9. The summed E-state index contributed by atoms with van der Waals surface area (Å²) >= 11 is 0. The number of rotatable bonds is 2. The molecule has 1 aromatic rings. The summed E-state index contributed by atoms with van der Waals surface area (Å²) in [5, 5.41) is 17.1. The predicted octanol–water partition coefficient (Wildman–Crippen LogP) is 1.58. The monoisotopic (exact) mass is 214 g/mol. The number of halogens is 3. The van der Waals surface area contributed by atoms with Crippen LogP contribution < -0.4 is 0 Å². The van der Waals surface area contributed by atoms with Crippen LogP contribution >= 0.6 is 0 Å². The Morgan fingerprint density at radius 2 is 2.00 bits per heavy atom. The molecule has 0 unspecified atom stereocenters. The van der Waals surface area contributed by atoms with Gasteiger partial charge < -0.3 is 4.57 Å². The van der Waals surface area contributed by atoms with Crippen molar-refractivity contribution in [2.24, 2.45) is 0 Å². The van der Waals surface area contributed by atoms with Gasteiger partial charge in [0.2, 0.25) is 0 Å². The zero-order valence-corrected chi connectivity index (χ0v) is 7.41. The number of alkyl halides is 3. The fraction of sp³-hybridized carbons (Fsp3) is 0.375. The topological polar surface area (TPSA) is 65.4 Å². The molecule has 15 heavy (non-hydrogen) atoms. The molecule has 0 aliphatic heterocycles. The second kappa shape index (κ2) is 4.01. The van der Waals surface area contributed by atoms with E-state index in [0.29, 0.717) is 0 Å². The van der Waals surface area contributed by atoms with E-state index in [9.17, 15) is 13.2 Å². The van der Waals surface area contributed by atoms with Crippen molar-refractivity contribution in [3.63, 3.8) is 0 Å². The Morgan fingerprint density at radius 3 is 2.47 bits per heavy atom. The molecule has 4 nitrogen and oxygen atoms in total. The Kier molecular flexibility index (Phi) is 2.96. The van der Waals surface area contributed by atoms with Crippen molar-refractivity contribution in [2.75, 3.05) is 0 Å². The van der Waals surface area contributed by atoms with Crippen molar-refractivity contribution in [3.05, 3.63) is 17.7 Å². The number of aromatic nitrogens is 2. The molecule has 0 atom stereocenters. The van der Waals surface area contributed by atoms with Crippen LogP contribution in [-0.4, -0.2) is 15.7 Å². The number of nitrogens with zero attached hydrogens (tertiary/aromatic N) is 4. The lowest BCUT2D eigenvalue weighted by atomic mass is 10.3. The summed E-state index contributed by atoms with van der Waals surface area (Å²) in [6.45, 7) is -0.402. The van der Waals surface area contributed by atoms with Gasteiger partial charge in [-0.15, -0.1) is 0 Å². The zero-order chi connectivity index (χ0) is 11.5. The highest BCUT2D eigenvalue weighted by Crippen LogP contribution is 2.20. The Hall–Kier alpha value is -2.02. The SMILES string of the molecule is N#Cc1ncn(CCC(F)(F)F)c1C#N. The Bertz CT molecular complexity index is 432. The van der Waals surface area contributed by atoms with Crippen LogP contribution in [0.15, 0.2) is 6.33 Å². The van der Waals surface area contributed by atoms with Crippen molar-refractivity contribution in [2.45, 2.75) is 19.1 Å². The van der Waals surface area contributed by atoms with Gasteiger partial charge in [0.15, 0.2) is 11.4 Å². The first-order valence-electron chi connectivity index (χ1n) is 3.90. The molecule has 0 aromatic carbocycles. The van der Waals surface area contributed by atoms with E-state index in [-0.39, 0.29) is 11.4 Å². The molecule has 0 bridgehead atoms. The molecular weight excluding hydrogens is 209 g/mol. The van der Waals surface area contributed by atoms with Crippen molar-refractivity contribution in [3.8, 4) is 12.1 Å². The average molecular weight is 214 g/mol. The molecule has 0 spiro atoms. The highest BCUT2D eigenvalue weighted by molar-refractivity contribution is 5.35. The molecule has 0 aliphatic carbocycles. The van der Waals surface area contributed by atoms with Crippen molar-refractivity contribution < 1.29 is 13.2 Å². The fourth-order valence-electron chi connectivity index (χ4n) is 0.998. The van der Waals surface area contributed by atoms with E-state index in [2.05, 4.69) is 4.98 Å². The normalized spacial score (nSPS) is 10.7. The van der Waals surface area contributed by atoms with Gasteiger partial charge in [-0.3, -0.25) is 0 Å². The molecule has 0 fully saturated rings. The molecule has 1 heterocycles. The van der Waals surface area contributed by atoms with Gasteiger partial charge in [0.1, 0.15) is 12.1 Å². The van der Waals surface area contributed by atoms with Crippen LogP contribution in [0.2, 0.25) is 0 Å². The third-order valence-electron chi connectivity index (χ3n) is 1.69. The predicted molar refractivity (Wildman–Crippen MR) is 42.3 cm³/mol. The lowest BCUT2D eigenvalue weighted by Gasteiger charge is -2.06.